The molecule has 12 rings (SSSR count). The van der Waals surface area contributed by atoms with Crippen molar-refractivity contribution in [3.8, 4) is 52.3 Å². The zero-order valence-corrected chi connectivity index (χ0v) is 72.1. The molecule has 1 amide bonds. The van der Waals surface area contributed by atoms with Gasteiger partial charge >= 0.3 is 20.2 Å². The zero-order valence-electron chi connectivity index (χ0n) is 58.0. The fraction of sp³-hybridized carbons (Fsp3) is 0.0789. The van der Waals surface area contributed by atoms with E-state index in [1.165, 1.54) is 61.2 Å². The minimum atomic E-state index is -1.55. The van der Waals surface area contributed by atoms with Crippen molar-refractivity contribution >= 4 is 201 Å². The van der Waals surface area contributed by atoms with Gasteiger partial charge < -0.3 is 51.4 Å². The third-order valence-corrected chi connectivity index (χ3v) is 19.6. The molecule has 0 saturated heterocycles. The van der Waals surface area contributed by atoms with Gasteiger partial charge in [-0.1, -0.05) is 145 Å². The molecule has 0 unspecified atom stereocenters. The maximum atomic E-state index is 10.7. The van der Waals surface area contributed by atoms with Gasteiger partial charge in [-0.05, 0) is 271 Å². The number of hydrogen-bond donors (Lipinski definition) is 10. The van der Waals surface area contributed by atoms with Gasteiger partial charge in [-0.2, -0.15) is 26.0 Å². The number of nitrogens with two attached hydrogens (primary N) is 1. The van der Waals surface area contributed by atoms with Gasteiger partial charge in [-0.3, -0.25) is 4.79 Å². The smallest absolute Gasteiger partial charge is 0.488 e. The van der Waals surface area contributed by atoms with Crippen LogP contribution in [-0.2, 0) is 18.4 Å². The van der Waals surface area contributed by atoms with Crippen LogP contribution in [0.2, 0.25) is 20.1 Å². The second-order valence-electron chi connectivity index (χ2n) is 22.3. The normalized spacial score (nSPS) is 9.71. The minimum Gasteiger partial charge on any atom is -0.506 e. The highest BCUT2D eigenvalue weighted by atomic mass is 79.9. The van der Waals surface area contributed by atoms with Crippen molar-refractivity contribution in [2.75, 3.05) is 0 Å². The van der Waals surface area contributed by atoms with E-state index in [1.807, 2.05) is 81.4 Å². The Kier molecular flexibility index (Phi) is 41.5. The summed E-state index contributed by atoms with van der Waals surface area (Å²) in [6.07, 6.45) is 6.28. The highest BCUT2D eigenvalue weighted by molar-refractivity contribution is 9.11. The lowest BCUT2D eigenvalue weighted by Gasteiger charge is -2.09. The van der Waals surface area contributed by atoms with E-state index in [-0.39, 0.29) is 49.0 Å². The molecule has 0 spiro atoms. The fourth-order valence-corrected chi connectivity index (χ4v) is 12.9. The Morgan fingerprint density at radius 2 is 0.865 bits per heavy atom. The number of hydrogen-bond acceptors (Lipinski definition) is 17. The number of aromatic hydroxyl groups is 4. The summed E-state index contributed by atoms with van der Waals surface area (Å²) < 4.78 is 8.23. The molecule has 0 aliphatic carbocycles. The maximum absolute atomic E-state index is 10.7. The number of aryl methyl sites for hydroxylation is 3. The third-order valence-electron chi connectivity index (χ3n) is 14.0. The number of aromatic carboxylic acids is 1. The van der Waals surface area contributed by atoms with Crippen molar-refractivity contribution in [2.45, 2.75) is 39.2 Å². The van der Waals surface area contributed by atoms with E-state index in [4.69, 9.17) is 115 Å². The Bertz CT molecular complexity index is 5200. The molecule has 2 aromatic heterocycles. The number of rotatable bonds is 10. The molecule has 22 nitrogen and oxygen atoms in total. The van der Waals surface area contributed by atoms with Crippen LogP contribution in [0.1, 0.15) is 70.8 Å². The summed E-state index contributed by atoms with van der Waals surface area (Å²) in [5, 5.41) is 115. The SMILES string of the molecule is Cc1ccc(C#N)c(Br)c1.Cc1ccc(C(=O)O)c(Br)c1.Cc1ccc(C(N)=O)c(Br)c1.N#Cc1ccc(CBr)cc1Br.N#Cc1ccc(Cn2cncn2)cc1Br.OB(O)c1ccc(O)c(Cl)c1.OB(O)c1ccc(O)c(Cl)c1.Oc1ccc(Br)cc1Cl.[C-]#[N+]c1ccc(Cn2cncn2)cc1-c1ccc(O)c(Cl)c1. The molecule has 0 atom stereocenters. The van der Waals surface area contributed by atoms with E-state index in [0.29, 0.717) is 56.1 Å². The number of phenolic OH excluding ortho intramolecular Hbond substituents is 4. The number of carboxylic acids is 1. The van der Waals surface area contributed by atoms with Crippen LogP contribution in [-0.4, -0.2) is 101 Å². The lowest BCUT2D eigenvalue weighted by atomic mass is 9.80. The van der Waals surface area contributed by atoms with Gasteiger partial charge in [0.1, 0.15) is 66.5 Å². The highest BCUT2D eigenvalue weighted by Gasteiger charge is 2.15. The fourth-order valence-electron chi connectivity index (χ4n) is 8.34. The lowest BCUT2D eigenvalue weighted by Crippen LogP contribution is -2.29. The number of nitrogens with zero attached hydrogens (tertiary/aromatic N) is 10. The second kappa shape index (κ2) is 48.8. The third kappa shape index (κ3) is 33.1. The Hall–Kier alpha value is -8.93. The first-order chi connectivity index (χ1) is 52.6. The quantitative estimate of drug-likeness (QED) is 0.0345. The Morgan fingerprint density at radius 3 is 1.23 bits per heavy atom. The summed E-state index contributed by atoms with van der Waals surface area (Å²) in [7, 11) is -3.10. The first-order valence-corrected chi connectivity index (χ1v) is 38.6. The largest absolute Gasteiger partial charge is 0.506 e. The lowest BCUT2D eigenvalue weighted by molar-refractivity contribution is 0.0695. The molecule has 111 heavy (non-hydrogen) atoms. The molecule has 0 bridgehead atoms. The van der Waals surface area contributed by atoms with Crippen molar-refractivity contribution in [3.63, 3.8) is 0 Å². The van der Waals surface area contributed by atoms with Crippen molar-refractivity contribution in [3.05, 3.63) is 327 Å². The monoisotopic (exact) mass is 2020 g/mol. The average Bonchev–Trinajstić information content (AvgIpc) is 1.38. The van der Waals surface area contributed by atoms with Gasteiger partial charge in [0.05, 0.1) is 67.6 Å². The Morgan fingerprint density at radius 1 is 0.486 bits per heavy atom. The molecular weight excluding hydrogens is 1970 g/mol. The molecule has 0 fully saturated rings. The summed E-state index contributed by atoms with van der Waals surface area (Å²) in [5.41, 5.74) is 17.1. The number of nitriles is 3. The van der Waals surface area contributed by atoms with Crippen LogP contribution in [0.4, 0.5) is 5.69 Å². The van der Waals surface area contributed by atoms with Crippen LogP contribution >= 0.6 is 158 Å². The molecule has 11 N–H and O–H groups in total. The number of alkyl halides is 1. The van der Waals surface area contributed by atoms with Crippen molar-refractivity contribution < 1.29 is 55.2 Å². The summed E-state index contributed by atoms with van der Waals surface area (Å²) >= 11 is 45.4. The average molecular weight is 2030 g/mol. The molecule has 2 heterocycles. The summed E-state index contributed by atoms with van der Waals surface area (Å²) in [6, 6.07) is 57.1. The van der Waals surface area contributed by atoms with Crippen LogP contribution in [0.25, 0.3) is 16.0 Å². The number of aromatic nitrogens is 6. The number of carboxylic acid groups (broad SMARTS) is 1. The van der Waals surface area contributed by atoms with Gasteiger partial charge in [0.15, 0.2) is 5.69 Å². The minimum absolute atomic E-state index is 0.0218. The first kappa shape index (κ1) is 94.4. The highest BCUT2D eigenvalue weighted by Crippen LogP contribution is 2.36. The Labute approximate surface area is 718 Å². The molecule has 12 aromatic rings. The molecule has 0 radical (unpaired) electrons. The molecule has 568 valence electrons. The van der Waals surface area contributed by atoms with Gasteiger partial charge in [0.25, 0.3) is 0 Å². The van der Waals surface area contributed by atoms with E-state index in [0.717, 1.165) is 72.2 Å². The number of phenols is 4. The van der Waals surface area contributed by atoms with Crippen molar-refractivity contribution in [1.29, 1.82) is 15.8 Å². The molecule has 35 heteroatoms. The molecule has 0 aliphatic rings. The van der Waals surface area contributed by atoms with Crippen molar-refractivity contribution in [2.24, 2.45) is 5.73 Å². The standard InChI is InChI=1S/C16H11ClN4O.C10H7BrN4.C8H5Br2N.C8H8BrNO.C8H6BrN.C8H7BrO2.2C6H6BClO3.C6H4BrClO/c1-18-15-4-2-11(8-21-10-19-9-20-21)6-13(15)12-3-5-16(22)14(17)7-12;11-10-3-8(1-2-9(10)4-12)5-15-7-13-6-14-15;9-4-6-1-2-7(5-11)8(10)3-6;1-5-2-3-6(8(10)11)7(9)4-5;1-6-2-3-7(5-10)8(9)4-6;1-5-2-3-6(8(10)11)7(9)4-5;2*8-5-3-4(7(10)11)1-2-6(5)9;7-4-1-2-6(9)5(8)3-4/h2-7,9-10,22H,8H2;1-3,6-7H,5H2;1-3H,4H2;2-4H,1H3,(H2,10,11);2-4H,1H3;2-4H,1H3,(H,10,11);2*1-3,9-11H;1-3,9H. The van der Waals surface area contributed by atoms with E-state index in [9.17, 15) is 14.7 Å². The van der Waals surface area contributed by atoms with E-state index in [1.54, 1.807) is 94.8 Å². The van der Waals surface area contributed by atoms with Gasteiger partial charge in [0, 0.05) is 32.2 Å². The van der Waals surface area contributed by atoms with Crippen molar-refractivity contribution in [1.82, 2.24) is 29.5 Å². The number of carbonyl (C=O) groups is 2. The van der Waals surface area contributed by atoms with Crippen LogP contribution in [0, 0.1) is 61.3 Å². The summed E-state index contributed by atoms with van der Waals surface area (Å²) in [6.45, 7) is 14.4. The van der Waals surface area contributed by atoms with Crippen LogP contribution < -0.4 is 16.7 Å². The number of carbonyl (C=O) groups excluding carboxylic acids is 1. The first-order valence-electron chi connectivity index (χ1n) is 31.2. The topological polar surface area (TPSA) is 379 Å². The number of amides is 1. The van der Waals surface area contributed by atoms with Crippen LogP contribution in [0.15, 0.2) is 234 Å². The van der Waals surface area contributed by atoms with Crippen LogP contribution in [0.5, 0.6) is 23.0 Å². The van der Waals surface area contributed by atoms with Gasteiger partial charge in [-0.25, -0.2) is 29.0 Å². The van der Waals surface area contributed by atoms with E-state index in [2.05, 4.69) is 155 Å². The van der Waals surface area contributed by atoms with E-state index >= 15 is 0 Å². The predicted molar refractivity (Wildman–Crippen MR) is 457 cm³/mol. The van der Waals surface area contributed by atoms with Crippen LogP contribution in [0.3, 0.4) is 0 Å². The molecular formula is C76H60B2Br7Cl4N11O11. The maximum Gasteiger partial charge on any atom is 0.488 e. The zero-order chi connectivity index (χ0) is 82.6. The number of halogens is 11. The number of benzene rings is 10. The van der Waals surface area contributed by atoms with E-state index < -0.39 is 26.1 Å². The number of primary amides is 1. The summed E-state index contributed by atoms with van der Waals surface area (Å²) in [4.78, 5) is 32.5. The van der Waals surface area contributed by atoms with Gasteiger partial charge in [-0.15, -0.1) is 0 Å². The predicted octanol–water partition coefficient (Wildman–Crippen LogP) is 18.3. The second-order valence-corrected chi connectivity index (χ2v) is 29.7. The molecule has 0 aliphatic heterocycles. The molecule has 10 aromatic carbocycles. The molecule has 0 saturated carbocycles. The van der Waals surface area contributed by atoms with Gasteiger partial charge in [0.2, 0.25) is 5.91 Å². The summed E-state index contributed by atoms with van der Waals surface area (Å²) in [5.74, 6) is -1.32. The Balaban J connectivity index is 0.000000268.